The number of hydrogen-bond donors (Lipinski definition) is 2. The molecule has 0 aliphatic heterocycles. The molecule has 0 saturated heterocycles. The zero-order valence-corrected chi connectivity index (χ0v) is 12.5. The number of thiol groups is 1. The monoisotopic (exact) mass is 285 g/mol. The van der Waals surface area contributed by atoms with Crippen LogP contribution < -0.4 is 19.9 Å². The van der Waals surface area contributed by atoms with Gasteiger partial charge in [-0.15, -0.1) is 0 Å². The summed E-state index contributed by atoms with van der Waals surface area (Å²) in [6.07, 6.45) is 3.00. The highest BCUT2D eigenvalue weighted by molar-refractivity contribution is 7.80. The summed E-state index contributed by atoms with van der Waals surface area (Å²) >= 11 is 4.16. The van der Waals surface area contributed by atoms with Crippen LogP contribution in [0.4, 0.5) is 0 Å². The number of rotatable bonds is 9. The Morgan fingerprint density at radius 3 is 2.16 bits per heavy atom. The fourth-order valence-electron chi connectivity index (χ4n) is 1.65. The van der Waals surface area contributed by atoms with Gasteiger partial charge >= 0.3 is 0 Å². The Kier molecular flexibility index (Phi) is 7.52. The minimum atomic E-state index is 0.181. The van der Waals surface area contributed by atoms with Crippen molar-refractivity contribution in [1.29, 1.82) is 0 Å². The second kappa shape index (κ2) is 8.93. The van der Waals surface area contributed by atoms with Gasteiger partial charge in [0.2, 0.25) is 0 Å². The summed E-state index contributed by atoms with van der Waals surface area (Å²) in [4.78, 5) is 0. The molecule has 0 aliphatic rings. The van der Waals surface area contributed by atoms with Gasteiger partial charge in [0.05, 0.1) is 20.8 Å². The van der Waals surface area contributed by atoms with E-state index in [0.29, 0.717) is 6.61 Å². The fraction of sp³-hybridized carbons (Fsp3) is 0.571. The minimum Gasteiger partial charge on any atom is -0.496 e. The van der Waals surface area contributed by atoms with E-state index in [1.165, 1.54) is 0 Å². The predicted molar refractivity (Wildman–Crippen MR) is 80.7 cm³/mol. The fourth-order valence-corrected chi connectivity index (χ4v) is 1.84. The first-order valence-electron chi connectivity index (χ1n) is 6.42. The predicted octanol–water partition coefficient (Wildman–Crippen LogP) is 2.51. The van der Waals surface area contributed by atoms with Crippen LogP contribution in [0.2, 0.25) is 0 Å². The Morgan fingerprint density at radius 2 is 1.63 bits per heavy atom. The molecule has 0 saturated carbocycles. The highest BCUT2D eigenvalue weighted by atomic mass is 32.1. The molecule has 0 spiro atoms. The van der Waals surface area contributed by atoms with Crippen molar-refractivity contribution in [3.8, 4) is 17.2 Å². The Morgan fingerprint density at radius 1 is 1.05 bits per heavy atom. The first kappa shape index (κ1) is 16.0. The van der Waals surface area contributed by atoms with Gasteiger partial charge in [0.15, 0.2) is 0 Å². The van der Waals surface area contributed by atoms with Crippen LogP contribution >= 0.6 is 12.6 Å². The average Bonchev–Trinajstić information content (AvgIpc) is 2.46. The molecule has 19 heavy (non-hydrogen) atoms. The van der Waals surface area contributed by atoms with Gasteiger partial charge in [0.25, 0.3) is 0 Å². The normalized spacial score (nSPS) is 12.0. The molecule has 0 heterocycles. The molecule has 0 radical (unpaired) electrons. The lowest BCUT2D eigenvalue weighted by atomic mass is 10.1. The highest BCUT2D eigenvalue weighted by Crippen LogP contribution is 2.27. The van der Waals surface area contributed by atoms with Gasteiger partial charge in [-0.3, -0.25) is 0 Å². The van der Waals surface area contributed by atoms with Gasteiger partial charge < -0.3 is 19.9 Å². The smallest absolute Gasteiger partial charge is 0.126 e. The largest absolute Gasteiger partial charge is 0.496 e. The standard InChI is InChI=1S/C14H23NO3S/c1-16-12-7-13(17-2)9-14(8-12)18-6-4-3-5-11(15)10-19/h7-9,11,19H,3-6,10,15H2,1-2H3. The lowest BCUT2D eigenvalue weighted by molar-refractivity contribution is 0.299. The second-order valence-corrected chi connectivity index (χ2v) is 4.70. The van der Waals surface area contributed by atoms with Crippen LogP contribution in [0.1, 0.15) is 19.3 Å². The molecule has 0 aromatic heterocycles. The van der Waals surface area contributed by atoms with Crippen LogP contribution in [-0.4, -0.2) is 32.6 Å². The molecule has 4 nitrogen and oxygen atoms in total. The molecular weight excluding hydrogens is 262 g/mol. The van der Waals surface area contributed by atoms with E-state index in [0.717, 1.165) is 42.3 Å². The molecular formula is C14H23NO3S. The molecule has 1 aromatic carbocycles. The van der Waals surface area contributed by atoms with Gasteiger partial charge in [-0.1, -0.05) is 0 Å². The Hall–Kier alpha value is -1.07. The van der Waals surface area contributed by atoms with Crippen molar-refractivity contribution in [3.63, 3.8) is 0 Å². The van der Waals surface area contributed by atoms with Gasteiger partial charge in [0.1, 0.15) is 17.2 Å². The van der Waals surface area contributed by atoms with Crippen LogP contribution in [0.5, 0.6) is 17.2 Å². The summed E-state index contributed by atoms with van der Waals surface area (Å²) in [7, 11) is 3.24. The number of ether oxygens (including phenoxy) is 3. The summed E-state index contributed by atoms with van der Waals surface area (Å²) < 4.78 is 16.1. The third kappa shape index (κ3) is 6.07. The van der Waals surface area contributed by atoms with E-state index in [4.69, 9.17) is 19.9 Å². The van der Waals surface area contributed by atoms with E-state index in [-0.39, 0.29) is 6.04 Å². The maximum Gasteiger partial charge on any atom is 0.126 e. The van der Waals surface area contributed by atoms with E-state index < -0.39 is 0 Å². The van der Waals surface area contributed by atoms with Crippen LogP contribution in [0, 0.1) is 0 Å². The van der Waals surface area contributed by atoms with E-state index in [2.05, 4.69) is 12.6 Å². The lowest BCUT2D eigenvalue weighted by Crippen LogP contribution is -2.21. The van der Waals surface area contributed by atoms with Crippen LogP contribution in [0.3, 0.4) is 0 Å². The quantitative estimate of drug-likeness (QED) is 0.541. The summed E-state index contributed by atoms with van der Waals surface area (Å²) in [6.45, 7) is 0.662. The van der Waals surface area contributed by atoms with Gasteiger partial charge in [-0.2, -0.15) is 12.6 Å². The third-order valence-corrected chi connectivity index (χ3v) is 3.27. The van der Waals surface area contributed by atoms with Gasteiger partial charge in [-0.25, -0.2) is 0 Å². The molecule has 1 aromatic rings. The van der Waals surface area contributed by atoms with Crippen molar-refractivity contribution in [1.82, 2.24) is 0 Å². The number of methoxy groups -OCH3 is 2. The van der Waals surface area contributed by atoms with Crippen molar-refractivity contribution in [2.45, 2.75) is 25.3 Å². The number of hydrogen-bond acceptors (Lipinski definition) is 5. The van der Waals surface area contributed by atoms with Crippen LogP contribution in [0.15, 0.2) is 18.2 Å². The first-order chi connectivity index (χ1) is 9.19. The maximum absolute atomic E-state index is 5.79. The minimum absolute atomic E-state index is 0.181. The highest BCUT2D eigenvalue weighted by Gasteiger charge is 2.03. The van der Waals surface area contributed by atoms with E-state index in [1.807, 2.05) is 18.2 Å². The van der Waals surface area contributed by atoms with Crippen molar-refractivity contribution >= 4 is 12.6 Å². The molecule has 1 atom stereocenters. The zero-order valence-electron chi connectivity index (χ0n) is 11.6. The summed E-state index contributed by atoms with van der Waals surface area (Å²) in [6, 6.07) is 5.70. The molecule has 0 fully saturated rings. The Labute approximate surface area is 120 Å². The van der Waals surface area contributed by atoms with E-state index >= 15 is 0 Å². The van der Waals surface area contributed by atoms with Crippen molar-refractivity contribution < 1.29 is 14.2 Å². The zero-order chi connectivity index (χ0) is 14.1. The van der Waals surface area contributed by atoms with Crippen molar-refractivity contribution in [2.24, 2.45) is 5.73 Å². The molecule has 0 bridgehead atoms. The maximum atomic E-state index is 5.79. The van der Waals surface area contributed by atoms with E-state index in [1.54, 1.807) is 14.2 Å². The number of unbranched alkanes of at least 4 members (excludes halogenated alkanes) is 1. The van der Waals surface area contributed by atoms with E-state index in [9.17, 15) is 0 Å². The molecule has 108 valence electrons. The molecule has 1 rings (SSSR count). The number of benzene rings is 1. The Balaban J connectivity index is 2.36. The second-order valence-electron chi connectivity index (χ2n) is 4.34. The topological polar surface area (TPSA) is 53.7 Å². The molecule has 0 amide bonds. The lowest BCUT2D eigenvalue weighted by Gasteiger charge is -2.11. The molecule has 5 heteroatoms. The number of nitrogens with two attached hydrogens (primary N) is 1. The van der Waals surface area contributed by atoms with Crippen molar-refractivity contribution in [3.05, 3.63) is 18.2 Å². The van der Waals surface area contributed by atoms with Crippen molar-refractivity contribution in [2.75, 3.05) is 26.6 Å². The average molecular weight is 285 g/mol. The van der Waals surface area contributed by atoms with Gasteiger partial charge in [0, 0.05) is 30.0 Å². The van der Waals surface area contributed by atoms with Gasteiger partial charge in [-0.05, 0) is 19.3 Å². The molecule has 2 N–H and O–H groups in total. The Bertz CT molecular complexity index is 351. The summed E-state index contributed by atoms with van der Waals surface area (Å²) in [5, 5.41) is 0. The summed E-state index contributed by atoms with van der Waals surface area (Å²) in [5.41, 5.74) is 5.79. The first-order valence-corrected chi connectivity index (χ1v) is 7.05. The third-order valence-electron chi connectivity index (χ3n) is 2.80. The molecule has 0 aliphatic carbocycles. The SMILES string of the molecule is COc1cc(OC)cc(OCCCCC(N)CS)c1. The van der Waals surface area contributed by atoms with Crippen LogP contribution in [0.25, 0.3) is 0 Å². The van der Waals surface area contributed by atoms with Crippen LogP contribution in [-0.2, 0) is 0 Å². The molecule has 1 unspecified atom stereocenters. The summed E-state index contributed by atoms with van der Waals surface area (Å²) in [5.74, 6) is 2.95.